The van der Waals surface area contributed by atoms with E-state index in [1.54, 1.807) is 13.8 Å². The molecule has 0 amide bonds. The van der Waals surface area contributed by atoms with Crippen LogP contribution in [-0.2, 0) is 0 Å². The molecule has 0 radical (unpaired) electrons. The van der Waals surface area contributed by atoms with Crippen LogP contribution in [-0.4, -0.2) is 24.1 Å². The van der Waals surface area contributed by atoms with Crippen molar-refractivity contribution in [1.82, 2.24) is 5.12 Å². The van der Waals surface area contributed by atoms with Gasteiger partial charge in [-0.25, -0.2) is 8.78 Å². The molecule has 72 valence electrons. The molecule has 0 spiro atoms. The number of alkyl halides is 2. The van der Waals surface area contributed by atoms with Gasteiger partial charge < -0.3 is 0 Å². The fourth-order valence-corrected chi connectivity index (χ4v) is 1.74. The van der Waals surface area contributed by atoms with Crippen LogP contribution in [0.25, 0.3) is 0 Å². The van der Waals surface area contributed by atoms with Crippen molar-refractivity contribution in [2.24, 2.45) is 11.8 Å². The first kappa shape index (κ1) is 9.84. The summed E-state index contributed by atoms with van der Waals surface area (Å²) >= 11 is 0. The first-order valence-corrected chi connectivity index (χ1v) is 4.22. The predicted octanol–water partition coefficient (Wildman–Crippen LogP) is 2.48. The molecule has 0 aliphatic carbocycles. The van der Waals surface area contributed by atoms with Crippen molar-refractivity contribution < 1.29 is 13.3 Å². The molecule has 0 aromatic rings. The highest BCUT2D eigenvalue weighted by atomic mass is 19.3. The average Bonchev–Trinajstić information content (AvgIpc) is 1.82. The lowest BCUT2D eigenvalue weighted by molar-refractivity contribution is -0.170. The maximum Gasteiger partial charge on any atom is 0.266 e. The van der Waals surface area contributed by atoms with Gasteiger partial charge in [0.15, 0.2) is 0 Å². The number of halogens is 3. The fourth-order valence-electron chi connectivity index (χ4n) is 1.74. The van der Waals surface area contributed by atoms with Crippen LogP contribution in [0.15, 0.2) is 0 Å². The van der Waals surface area contributed by atoms with Gasteiger partial charge in [-0.05, 0) is 12.3 Å². The topological polar surface area (TPSA) is 3.24 Å². The maximum atomic E-state index is 13.1. The van der Waals surface area contributed by atoms with E-state index in [4.69, 9.17) is 0 Å². The molecule has 1 unspecified atom stereocenters. The van der Waals surface area contributed by atoms with Gasteiger partial charge >= 0.3 is 0 Å². The highest BCUT2D eigenvalue weighted by molar-refractivity contribution is 4.85. The van der Waals surface area contributed by atoms with Crippen LogP contribution in [0.5, 0.6) is 0 Å². The molecule has 0 saturated carbocycles. The summed E-state index contributed by atoms with van der Waals surface area (Å²) in [6.07, 6.45) is 0.251. The monoisotopic (exact) mass is 181 g/mol. The summed E-state index contributed by atoms with van der Waals surface area (Å²) in [6, 6.07) is 0. The summed E-state index contributed by atoms with van der Waals surface area (Å²) in [6.45, 7) is 2.91. The zero-order valence-corrected chi connectivity index (χ0v) is 7.36. The normalized spacial score (nSPS) is 31.0. The number of piperidine rings is 1. The van der Waals surface area contributed by atoms with Crippen LogP contribution in [0.4, 0.5) is 13.3 Å². The van der Waals surface area contributed by atoms with Crippen LogP contribution in [0.3, 0.4) is 0 Å². The van der Waals surface area contributed by atoms with E-state index in [0.717, 1.165) is 0 Å². The third-order valence-corrected chi connectivity index (χ3v) is 2.41. The molecule has 0 N–H and O–H groups in total. The van der Waals surface area contributed by atoms with E-state index in [1.807, 2.05) is 0 Å². The molecular formula is C8H14F3N. The smallest absolute Gasteiger partial charge is 0.205 e. The standard InChI is InChI=1S/C8H14F3N/c1-6(2)7-3-4-12(11)5-8(7,9)10/h6-7H,3-5H2,1-2H3. The first-order valence-electron chi connectivity index (χ1n) is 4.22. The molecule has 1 nitrogen and oxygen atoms in total. The Bertz CT molecular complexity index is 158. The van der Waals surface area contributed by atoms with Gasteiger partial charge in [-0.15, -0.1) is 9.60 Å². The van der Waals surface area contributed by atoms with E-state index in [9.17, 15) is 13.3 Å². The number of nitrogens with zero attached hydrogens (tertiary/aromatic N) is 1. The Morgan fingerprint density at radius 3 is 2.42 bits per heavy atom. The summed E-state index contributed by atoms with van der Waals surface area (Å²) in [4.78, 5) is 0. The van der Waals surface area contributed by atoms with Crippen LogP contribution in [0.2, 0.25) is 0 Å². The molecule has 12 heavy (non-hydrogen) atoms. The Balaban J connectivity index is 2.64. The highest BCUT2D eigenvalue weighted by Crippen LogP contribution is 2.37. The minimum atomic E-state index is -2.86. The van der Waals surface area contributed by atoms with E-state index < -0.39 is 18.4 Å². The van der Waals surface area contributed by atoms with Gasteiger partial charge in [-0.3, -0.25) is 0 Å². The Morgan fingerprint density at radius 1 is 1.42 bits per heavy atom. The molecule has 1 atom stereocenters. The minimum absolute atomic E-state index is 0.0753. The van der Waals surface area contributed by atoms with Crippen molar-refractivity contribution in [1.29, 1.82) is 0 Å². The van der Waals surface area contributed by atoms with Gasteiger partial charge in [0.05, 0.1) is 6.54 Å². The van der Waals surface area contributed by atoms with E-state index in [1.165, 1.54) is 0 Å². The second-order valence-corrected chi connectivity index (χ2v) is 3.74. The van der Waals surface area contributed by atoms with Gasteiger partial charge in [0.1, 0.15) is 0 Å². The molecule has 1 aliphatic heterocycles. The molecule has 0 aromatic heterocycles. The molecule has 1 fully saturated rings. The van der Waals surface area contributed by atoms with Gasteiger partial charge in [0.25, 0.3) is 5.92 Å². The number of hydrogen-bond donors (Lipinski definition) is 0. The molecule has 1 heterocycles. The van der Waals surface area contributed by atoms with Crippen molar-refractivity contribution in [2.75, 3.05) is 13.1 Å². The second-order valence-electron chi connectivity index (χ2n) is 3.74. The molecule has 4 heteroatoms. The summed E-state index contributed by atoms with van der Waals surface area (Å²) < 4.78 is 38.6. The zero-order chi connectivity index (χ0) is 9.35. The van der Waals surface area contributed by atoms with Crippen LogP contribution < -0.4 is 0 Å². The Labute approximate surface area is 70.5 Å². The number of rotatable bonds is 1. The molecule has 1 aliphatic rings. The largest absolute Gasteiger partial charge is 0.266 e. The SMILES string of the molecule is CC(C)C1CCN(F)CC1(F)F. The third kappa shape index (κ3) is 1.91. The van der Waals surface area contributed by atoms with E-state index in [2.05, 4.69) is 0 Å². The summed E-state index contributed by atoms with van der Waals surface area (Å²) in [7, 11) is 0. The van der Waals surface area contributed by atoms with Crippen LogP contribution in [0, 0.1) is 11.8 Å². The van der Waals surface area contributed by atoms with Gasteiger partial charge in [0, 0.05) is 12.5 Å². The predicted molar refractivity (Wildman–Crippen MR) is 40.6 cm³/mol. The average molecular weight is 181 g/mol. The van der Waals surface area contributed by atoms with Gasteiger partial charge in [0.2, 0.25) is 0 Å². The summed E-state index contributed by atoms with van der Waals surface area (Å²) in [5.74, 6) is -3.60. The van der Waals surface area contributed by atoms with Crippen molar-refractivity contribution >= 4 is 0 Å². The summed E-state index contributed by atoms with van der Waals surface area (Å²) in [5.41, 5.74) is 0. The Kier molecular flexibility index (Phi) is 2.66. The van der Waals surface area contributed by atoms with Crippen molar-refractivity contribution in [2.45, 2.75) is 26.2 Å². The van der Waals surface area contributed by atoms with E-state index in [-0.39, 0.29) is 24.0 Å². The lowest BCUT2D eigenvalue weighted by Gasteiger charge is -2.36. The van der Waals surface area contributed by atoms with E-state index in [0.29, 0.717) is 0 Å². The van der Waals surface area contributed by atoms with E-state index >= 15 is 0 Å². The van der Waals surface area contributed by atoms with Crippen molar-refractivity contribution in [3.63, 3.8) is 0 Å². The zero-order valence-electron chi connectivity index (χ0n) is 7.36. The van der Waals surface area contributed by atoms with Gasteiger partial charge in [-0.1, -0.05) is 13.8 Å². The molecular weight excluding hydrogens is 167 g/mol. The van der Waals surface area contributed by atoms with Crippen LogP contribution in [0.1, 0.15) is 20.3 Å². The van der Waals surface area contributed by atoms with Crippen LogP contribution >= 0.6 is 0 Å². The molecule has 1 rings (SSSR count). The first-order chi connectivity index (χ1) is 5.43. The lowest BCUT2D eigenvalue weighted by atomic mass is 9.84. The maximum absolute atomic E-state index is 13.1. The molecule has 0 bridgehead atoms. The molecule has 0 aromatic carbocycles. The third-order valence-electron chi connectivity index (χ3n) is 2.41. The van der Waals surface area contributed by atoms with Gasteiger partial charge in [-0.2, -0.15) is 0 Å². The summed E-state index contributed by atoms with van der Waals surface area (Å²) in [5, 5.41) is 0.207. The fraction of sp³-hybridized carbons (Fsp3) is 1.00. The lowest BCUT2D eigenvalue weighted by Crippen LogP contribution is -2.47. The molecule has 1 saturated heterocycles. The quantitative estimate of drug-likeness (QED) is 0.562. The van der Waals surface area contributed by atoms with Crippen molar-refractivity contribution in [3.8, 4) is 0 Å². The minimum Gasteiger partial charge on any atom is -0.205 e. The Morgan fingerprint density at radius 2 is 2.00 bits per heavy atom. The van der Waals surface area contributed by atoms with Crippen molar-refractivity contribution in [3.05, 3.63) is 0 Å². The Hall–Kier alpha value is -0.250. The second kappa shape index (κ2) is 3.24. The highest BCUT2D eigenvalue weighted by Gasteiger charge is 2.46. The number of hydrogen-bond acceptors (Lipinski definition) is 1.